The van der Waals surface area contributed by atoms with E-state index in [1.165, 1.54) is 0 Å². The molecule has 3 heterocycles. The molecule has 1 N–H and O–H groups in total. The van der Waals surface area contributed by atoms with Crippen molar-refractivity contribution < 1.29 is 19.5 Å². The van der Waals surface area contributed by atoms with Gasteiger partial charge in [-0.25, -0.2) is 0 Å². The van der Waals surface area contributed by atoms with Crippen LogP contribution in [0.5, 0.6) is 0 Å². The molecule has 0 saturated carbocycles. The number of amides is 3. The molecule has 3 saturated heterocycles. The number of thioether (sulfide) groups is 1. The number of aliphatic hydroxyl groups excluding tert-OH is 1. The van der Waals surface area contributed by atoms with Crippen molar-refractivity contribution in [2.45, 2.75) is 62.1 Å². The summed E-state index contributed by atoms with van der Waals surface area (Å²) in [6, 6.07) is -0.640. The van der Waals surface area contributed by atoms with Gasteiger partial charge in [0.05, 0.1) is 16.6 Å². The van der Waals surface area contributed by atoms with E-state index in [4.69, 9.17) is 0 Å². The molecule has 0 aromatic carbocycles. The maximum atomic E-state index is 14.1. The van der Waals surface area contributed by atoms with Crippen molar-refractivity contribution in [3.05, 3.63) is 25.3 Å². The lowest BCUT2D eigenvalue weighted by atomic mass is 9.65. The van der Waals surface area contributed by atoms with Crippen LogP contribution >= 0.6 is 11.8 Å². The number of hydrogen-bond donors (Lipinski definition) is 1. The minimum absolute atomic E-state index is 0.0320. The van der Waals surface area contributed by atoms with Crippen LogP contribution in [0, 0.1) is 17.8 Å². The van der Waals surface area contributed by atoms with Crippen molar-refractivity contribution >= 4 is 29.5 Å². The third-order valence-electron chi connectivity index (χ3n) is 7.58. The van der Waals surface area contributed by atoms with E-state index in [1.54, 1.807) is 45.7 Å². The highest BCUT2D eigenvalue weighted by atomic mass is 32.2. The number of hydrogen-bond acceptors (Lipinski definition) is 5. The number of unbranched alkanes of at least 4 members (excludes halogenated alkanes) is 1. The quantitative estimate of drug-likeness (QED) is 0.364. The zero-order chi connectivity index (χ0) is 24.5. The zero-order valence-electron chi connectivity index (χ0n) is 20.4. The summed E-state index contributed by atoms with van der Waals surface area (Å²) in [5.41, 5.74) is 0. The Bertz CT molecular complexity index is 803. The predicted molar refractivity (Wildman–Crippen MR) is 132 cm³/mol. The van der Waals surface area contributed by atoms with Crippen molar-refractivity contribution in [2.75, 3.05) is 33.3 Å². The Morgan fingerprint density at radius 2 is 1.91 bits per heavy atom. The van der Waals surface area contributed by atoms with E-state index in [2.05, 4.69) is 20.1 Å². The normalized spacial score (nSPS) is 32.2. The Kier molecular flexibility index (Phi) is 7.99. The van der Waals surface area contributed by atoms with Crippen molar-refractivity contribution in [3.8, 4) is 0 Å². The third-order valence-corrected chi connectivity index (χ3v) is 9.66. The van der Waals surface area contributed by atoms with Gasteiger partial charge in [-0.3, -0.25) is 14.4 Å². The van der Waals surface area contributed by atoms with Crippen LogP contribution in [0.25, 0.3) is 0 Å². The maximum Gasteiger partial charge on any atom is 0.247 e. The molecule has 184 valence electrons. The number of carbonyl (C=O) groups excluding carboxylic acids is 3. The molecule has 2 bridgehead atoms. The summed E-state index contributed by atoms with van der Waals surface area (Å²) in [7, 11) is 1.75. The van der Waals surface area contributed by atoms with E-state index in [1.807, 2.05) is 13.8 Å². The Balaban J connectivity index is 2.06. The van der Waals surface area contributed by atoms with Crippen LogP contribution in [0.3, 0.4) is 0 Å². The molecule has 0 aromatic rings. The number of nitrogens with zero attached hydrogens (tertiary/aromatic N) is 3. The first kappa shape index (κ1) is 25.8. The first-order valence-electron chi connectivity index (χ1n) is 12.0. The van der Waals surface area contributed by atoms with E-state index in [0.29, 0.717) is 32.5 Å². The summed E-state index contributed by atoms with van der Waals surface area (Å²) in [4.78, 5) is 46.6. The van der Waals surface area contributed by atoms with Gasteiger partial charge in [0.25, 0.3) is 0 Å². The van der Waals surface area contributed by atoms with Gasteiger partial charge in [-0.2, -0.15) is 0 Å². The second-order valence-corrected chi connectivity index (χ2v) is 11.4. The Labute approximate surface area is 202 Å². The minimum atomic E-state index is -0.609. The van der Waals surface area contributed by atoms with Gasteiger partial charge >= 0.3 is 0 Å². The Morgan fingerprint density at radius 1 is 1.24 bits per heavy atom. The second kappa shape index (κ2) is 10.2. The molecular weight excluding hydrogens is 438 g/mol. The third kappa shape index (κ3) is 4.14. The fraction of sp³-hybridized carbons (Fsp3) is 0.720. The maximum absolute atomic E-state index is 14.1. The standard InChI is InChI=1S/C25H39N3O4S/c1-7-11-26(6)22(30)19-18-15-17(5)25(33-18)20(19)23(31)28(13-9-10-14-29)21(25)24(32)27(12-8-2)16(3)4/h7-8,16-21,29H,1-2,9-15H2,3-6H3/t17?,18-,19+,20-,21?,25?/m0/s1. The molecule has 1 spiro atoms. The van der Waals surface area contributed by atoms with Crippen LogP contribution in [0.4, 0.5) is 0 Å². The second-order valence-electron chi connectivity index (χ2n) is 9.90. The molecule has 0 aliphatic carbocycles. The molecule has 6 atom stereocenters. The van der Waals surface area contributed by atoms with Crippen LogP contribution < -0.4 is 0 Å². The van der Waals surface area contributed by atoms with Crippen LogP contribution in [0.2, 0.25) is 0 Å². The predicted octanol–water partition coefficient (Wildman–Crippen LogP) is 2.16. The monoisotopic (exact) mass is 477 g/mol. The van der Waals surface area contributed by atoms with Gasteiger partial charge in [-0.05, 0) is 39.0 Å². The van der Waals surface area contributed by atoms with Gasteiger partial charge in [0.15, 0.2) is 0 Å². The van der Waals surface area contributed by atoms with Crippen LogP contribution in [-0.2, 0) is 14.4 Å². The topological polar surface area (TPSA) is 81.2 Å². The van der Waals surface area contributed by atoms with Gasteiger partial charge in [-0.1, -0.05) is 19.1 Å². The van der Waals surface area contributed by atoms with Gasteiger partial charge in [-0.15, -0.1) is 24.9 Å². The highest BCUT2D eigenvalue weighted by Crippen LogP contribution is 2.68. The van der Waals surface area contributed by atoms with Crippen LogP contribution in [0.15, 0.2) is 25.3 Å². The summed E-state index contributed by atoms with van der Waals surface area (Å²) >= 11 is 1.70. The van der Waals surface area contributed by atoms with Crippen molar-refractivity contribution in [2.24, 2.45) is 17.8 Å². The van der Waals surface area contributed by atoms with Crippen molar-refractivity contribution in [1.29, 1.82) is 0 Å². The number of rotatable bonds is 11. The average molecular weight is 478 g/mol. The molecule has 0 radical (unpaired) electrons. The SMILES string of the molecule is C=CCN(C)C(=O)[C@@H]1[C@@H]2CC(C)C3(S2)C(C(=O)N(CC=C)C(C)C)N(CCCCO)C(=O)[C@H]13. The van der Waals surface area contributed by atoms with Crippen LogP contribution in [-0.4, -0.2) is 92.9 Å². The summed E-state index contributed by atoms with van der Waals surface area (Å²) in [6.07, 6.45) is 5.42. The lowest BCUT2D eigenvalue weighted by Crippen LogP contribution is -2.58. The van der Waals surface area contributed by atoms with Gasteiger partial charge in [0, 0.05) is 44.6 Å². The van der Waals surface area contributed by atoms with E-state index >= 15 is 0 Å². The molecule has 33 heavy (non-hydrogen) atoms. The molecular formula is C25H39N3O4S. The largest absolute Gasteiger partial charge is 0.396 e. The molecule has 3 unspecified atom stereocenters. The van der Waals surface area contributed by atoms with Crippen LogP contribution in [0.1, 0.15) is 40.0 Å². The van der Waals surface area contributed by atoms with Crippen molar-refractivity contribution in [1.82, 2.24) is 14.7 Å². The molecule has 3 fully saturated rings. The first-order valence-corrected chi connectivity index (χ1v) is 12.9. The molecule has 0 aromatic heterocycles. The van der Waals surface area contributed by atoms with Gasteiger partial charge in [0.2, 0.25) is 17.7 Å². The summed E-state index contributed by atoms with van der Waals surface area (Å²) in [5, 5.41) is 9.33. The smallest absolute Gasteiger partial charge is 0.247 e. The molecule has 3 aliphatic rings. The summed E-state index contributed by atoms with van der Waals surface area (Å²) in [6.45, 7) is 14.9. The van der Waals surface area contributed by atoms with Gasteiger partial charge in [0.1, 0.15) is 6.04 Å². The number of likely N-dealkylation sites (N-methyl/N-ethyl adjacent to an activating group) is 1. The lowest BCUT2D eigenvalue weighted by Gasteiger charge is -2.41. The average Bonchev–Trinajstić information content (AvgIpc) is 3.35. The lowest BCUT2D eigenvalue weighted by molar-refractivity contribution is -0.144. The molecule has 3 aliphatic heterocycles. The van der Waals surface area contributed by atoms with E-state index in [-0.39, 0.29) is 41.5 Å². The van der Waals surface area contributed by atoms with E-state index in [0.717, 1.165) is 6.42 Å². The molecule has 3 amide bonds. The molecule has 7 nitrogen and oxygen atoms in total. The first-order chi connectivity index (χ1) is 15.7. The zero-order valence-corrected chi connectivity index (χ0v) is 21.2. The highest BCUT2D eigenvalue weighted by molar-refractivity contribution is 8.02. The Morgan fingerprint density at radius 3 is 2.48 bits per heavy atom. The van der Waals surface area contributed by atoms with E-state index < -0.39 is 22.6 Å². The number of likely N-dealkylation sites (tertiary alicyclic amines) is 1. The summed E-state index contributed by atoms with van der Waals surface area (Å²) in [5.74, 6) is -0.956. The molecule has 8 heteroatoms. The number of aliphatic hydroxyl groups is 1. The number of carbonyl (C=O) groups is 3. The summed E-state index contributed by atoms with van der Waals surface area (Å²) < 4.78 is -0.609. The highest BCUT2D eigenvalue weighted by Gasteiger charge is 2.76. The Hall–Kier alpha value is -1.80. The fourth-order valence-electron chi connectivity index (χ4n) is 6.10. The van der Waals surface area contributed by atoms with Gasteiger partial charge < -0.3 is 19.8 Å². The minimum Gasteiger partial charge on any atom is -0.396 e. The number of fused-ring (bicyclic) bond motifs is 1. The fourth-order valence-corrected chi connectivity index (χ4v) is 8.51. The molecule has 3 rings (SSSR count). The van der Waals surface area contributed by atoms with Crippen molar-refractivity contribution in [3.63, 3.8) is 0 Å². The van der Waals surface area contributed by atoms with E-state index in [9.17, 15) is 19.5 Å².